The zero-order chi connectivity index (χ0) is 17.2. The number of nitrogens with two attached hydrogens (primary N) is 1. The average Bonchev–Trinajstić information content (AvgIpc) is 2.23. The number of aromatic nitrogens is 3. The van der Waals surface area contributed by atoms with E-state index in [1.165, 1.54) is 6.33 Å². The van der Waals surface area contributed by atoms with Crippen molar-refractivity contribution in [3.63, 3.8) is 0 Å². The van der Waals surface area contributed by atoms with E-state index in [4.69, 9.17) is 14.0 Å². The summed E-state index contributed by atoms with van der Waals surface area (Å²) in [4.78, 5) is 12.3. The van der Waals surface area contributed by atoms with Crippen LogP contribution in [0.5, 0.6) is 0 Å². The molecular weight excluding hydrogens is 328 g/mol. The SMILES string of the molecule is CC(Cc1ncnc(N)n1)[Si](C)(O[Si](C)(C)C)O[Si](C)(C)C. The van der Waals surface area contributed by atoms with E-state index in [0.717, 1.165) is 0 Å². The fraction of sp³-hybridized carbons (Fsp3) is 0.769. The molecule has 126 valence electrons. The lowest BCUT2D eigenvalue weighted by Gasteiger charge is -2.41. The summed E-state index contributed by atoms with van der Waals surface area (Å²) in [6.07, 6.45) is 2.16. The minimum Gasteiger partial charge on any atom is -0.436 e. The maximum Gasteiger partial charge on any atom is 0.317 e. The third-order valence-corrected chi connectivity index (χ3v) is 13.2. The van der Waals surface area contributed by atoms with Gasteiger partial charge in [-0.25, -0.2) is 9.97 Å². The summed E-state index contributed by atoms with van der Waals surface area (Å²) in [7, 11) is -5.75. The van der Waals surface area contributed by atoms with Crippen molar-refractivity contribution in [2.45, 2.75) is 64.7 Å². The van der Waals surface area contributed by atoms with E-state index >= 15 is 0 Å². The Morgan fingerprint density at radius 2 is 1.50 bits per heavy atom. The fourth-order valence-corrected chi connectivity index (χ4v) is 14.8. The molecule has 1 atom stereocenters. The molecule has 22 heavy (non-hydrogen) atoms. The maximum absolute atomic E-state index is 6.55. The van der Waals surface area contributed by atoms with Crippen LogP contribution in [0.4, 0.5) is 5.95 Å². The van der Waals surface area contributed by atoms with E-state index in [-0.39, 0.29) is 11.5 Å². The van der Waals surface area contributed by atoms with Crippen LogP contribution in [-0.4, -0.2) is 40.1 Å². The molecule has 0 aliphatic rings. The molecule has 1 aromatic rings. The second-order valence-electron chi connectivity index (χ2n) is 7.81. The molecule has 1 heterocycles. The molecule has 1 rings (SSSR count). The third kappa shape index (κ3) is 6.65. The van der Waals surface area contributed by atoms with Crippen molar-refractivity contribution in [3.8, 4) is 0 Å². The summed E-state index contributed by atoms with van der Waals surface area (Å²) < 4.78 is 13.1. The Hall–Kier alpha value is -0.619. The summed E-state index contributed by atoms with van der Waals surface area (Å²) >= 11 is 0. The molecular formula is C13H30N4O2Si3. The highest BCUT2D eigenvalue weighted by Crippen LogP contribution is 2.32. The molecule has 0 spiro atoms. The quantitative estimate of drug-likeness (QED) is 0.754. The van der Waals surface area contributed by atoms with Gasteiger partial charge in [0.05, 0.1) is 0 Å². The first-order valence-electron chi connectivity index (χ1n) is 7.64. The van der Waals surface area contributed by atoms with Gasteiger partial charge in [-0.05, 0) is 45.8 Å². The molecule has 1 aromatic heterocycles. The van der Waals surface area contributed by atoms with Crippen molar-refractivity contribution in [2.75, 3.05) is 5.73 Å². The van der Waals surface area contributed by atoms with Crippen LogP contribution < -0.4 is 5.73 Å². The highest BCUT2D eigenvalue weighted by molar-refractivity contribution is 6.88. The molecule has 0 fully saturated rings. The Morgan fingerprint density at radius 3 is 1.91 bits per heavy atom. The molecule has 2 N–H and O–H groups in total. The second kappa shape index (κ2) is 6.87. The molecule has 1 unspecified atom stereocenters. The molecule has 0 aliphatic heterocycles. The van der Waals surface area contributed by atoms with Crippen molar-refractivity contribution in [3.05, 3.63) is 12.2 Å². The van der Waals surface area contributed by atoms with Gasteiger partial charge in [0.25, 0.3) is 0 Å². The van der Waals surface area contributed by atoms with E-state index < -0.39 is 25.2 Å². The zero-order valence-corrected chi connectivity index (χ0v) is 18.1. The molecule has 0 amide bonds. The Labute approximate surface area is 137 Å². The molecule has 9 heteroatoms. The summed E-state index contributed by atoms with van der Waals surface area (Å²) in [5.41, 5.74) is 5.89. The van der Waals surface area contributed by atoms with Crippen molar-refractivity contribution in [1.29, 1.82) is 0 Å². The van der Waals surface area contributed by atoms with Gasteiger partial charge < -0.3 is 14.0 Å². The number of nitrogen functional groups attached to an aromatic ring is 1. The smallest absolute Gasteiger partial charge is 0.317 e. The first kappa shape index (κ1) is 19.4. The summed E-state index contributed by atoms with van der Waals surface area (Å²) in [6.45, 7) is 17.6. The molecule has 0 radical (unpaired) electrons. The summed E-state index contributed by atoms with van der Waals surface area (Å²) in [6, 6.07) is 0. The van der Waals surface area contributed by atoms with Gasteiger partial charge in [0, 0.05) is 12.0 Å². The molecule has 0 bridgehead atoms. The zero-order valence-electron chi connectivity index (χ0n) is 15.1. The van der Waals surface area contributed by atoms with Crippen LogP contribution in [-0.2, 0) is 14.7 Å². The van der Waals surface area contributed by atoms with Gasteiger partial charge in [0.2, 0.25) is 5.95 Å². The Bertz CT molecular complexity index is 487. The van der Waals surface area contributed by atoms with Crippen molar-refractivity contribution >= 4 is 31.1 Å². The van der Waals surface area contributed by atoms with Gasteiger partial charge in [0.1, 0.15) is 12.2 Å². The van der Waals surface area contributed by atoms with Crippen LogP contribution in [0.15, 0.2) is 6.33 Å². The van der Waals surface area contributed by atoms with Gasteiger partial charge in [-0.15, -0.1) is 0 Å². The standard InChI is InChI=1S/C13H30N4O2Si3/c1-11(9-12-15-10-16-13(14)17-12)22(8,18-20(2,3)4)19-21(5,6)7/h10-11H,9H2,1-8H3,(H2,14,15,16,17). The lowest BCUT2D eigenvalue weighted by atomic mass is 10.3. The second-order valence-corrected chi connectivity index (χ2v) is 20.9. The van der Waals surface area contributed by atoms with Crippen LogP contribution in [0.2, 0.25) is 51.4 Å². The van der Waals surface area contributed by atoms with Crippen LogP contribution in [0, 0.1) is 0 Å². The fourth-order valence-electron chi connectivity index (χ4n) is 2.34. The lowest BCUT2D eigenvalue weighted by molar-refractivity contribution is 0.364. The summed E-state index contributed by atoms with van der Waals surface area (Å²) in [5.74, 6) is 0.967. The minimum atomic E-state index is -2.34. The maximum atomic E-state index is 6.55. The van der Waals surface area contributed by atoms with Gasteiger partial charge >= 0.3 is 8.56 Å². The number of hydrogen-bond acceptors (Lipinski definition) is 6. The van der Waals surface area contributed by atoms with Gasteiger partial charge in [-0.2, -0.15) is 4.98 Å². The number of anilines is 1. The van der Waals surface area contributed by atoms with E-state index in [1.54, 1.807) is 0 Å². The topological polar surface area (TPSA) is 83.2 Å². The van der Waals surface area contributed by atoms with Crippen LogP contribution in [0.3, 0.4) is 0 Å². The van der Waals surface area contributed by atoms with Crippen LogP contribution >= 0.6 is 0 Å². The van der Waals surface area contributed by atoms with Crippen LogP contribution in [0.25, 0.3) is 0 Å². The monoisotopic (exact) mass is 358 g/mol. The summed E-state index contributed by atoms with van der Waals surface area (Å²) in [5, 5.41) is 0. The first-order valence-corrected chi connectivity index (χ1v) is 16.9. The van der Waals surface area contributed by atoms with E-state index in [9.17, 15) is 0 Å². The van der Waals surface area contributed by atoms with Gasteiger partial charge in [0.15, 0.2) is 16.6 Å². The van der Waals surface area contributed by atoms with Crippen molar-refractivity contribution < 1.29 is 8.23 Å². The average molecular weight is 359 g/mol. The minimum absolute atomic E-state index is 0.243. The molecule has 0 saturated carbocycles. The lowest BCUT2D eigenvalue weighted by Crippen LogP contribution is -2.55. The Balaban J connectivity index is 2.99. The largest absolute Gasteiger partial charge is 0.436 e. The number of rotatable bonds is 7. The van der Waals surface area contributed by atoms with Crippen molar-refractivity contribution in [1.82, 2.24) is 15.0 Å². The van der Waals surface area contributed by atoms with Gasteiger partial charge in [-0.3, -0.25) is 0 Å². The highest BCUT2D eigenvalue weighted by atomic mass is 28.5. The van der Waals surface area contributed by atoms with Gasteiger partial charge in [-0.1, -0.05) is 6.92 Å². The molecule has 6 nitrogen and oxygen atoms in total. The Morgan fingerprint density at radius 1 is 1.00 bits per heavy atom. The predicted octanol–water partition coefficient (Wildman–Crippen LogP) is 3.16. The predicted molar refractivity (Wildman–Crippen MR) is 97.8 cm³/mol. The first-order chi connectivity index (χ1) is 9.81. The molecule has 0 saturated heterocycles. The molecule has 0 aliphatic carbocycles. The molecule has 0 aromatic carbocycles. The third-order valence-electron chi connectivity index (χ3n) is 3.04. The normalized spacial score (nSPS) is 14.9. The van der Waals surface area contributed by atoms with E-state index in [1.807, 2.05) is 0 Å². The van der Waals surface area contributed by atoms with E-state index in [0.29, 0.717) is 12.2 Å². The van der Waals surface area contributed by atoms with Crippen molar-refractivity contribution in [2.24, 2.45) is 0 Å². The Kier molecular flexibility index (Phi) is 6.07. The number of nitrogens with zero attached hydrogens (tertiary/aromatic N) is 3. The van der Waals surface area contributed by atoms with Crippen LogP contribution in [0.1, 0.15) is 12.7 Å². The van der Waals surface area contributed by atoms with E-state index in [2.05, 4.69) is 67.7 Å². The highest BCUT2D eigenvalue weighted by Gasteiger charge is 2.45. The number of hydrogen-bond donors (Lipinski definition) is 1.